The van der Waals surface area contributed by atoms with Crippen molar-refractivity contribution in [3.8, 4) is 22.8 Å². The topological polar surface area (TPSA) is 77.8 Å². The number of nitrogens with one attached hydrogen (secondary N) is 1. The molecule has 0 unspecified atom stereocenters. The van der Waals surface area contributed by atoms with Crippen molar-refractivity contribution in [2.45, 2.75) is 12.7 Å². The normalized spacial score (nSPS) is 12.8. The molecule has 11 heteroatoms. The van der Waals surface area contributed by atoms with Gasteiger partial charge in [0.15, 0.2) is 28.5 Å². The number of fused-ring (bicyclic) bond motifs is 2. The molecule has 1 aliphatic rings. The molecule has 2 aromatic carbocycles. The number of alkyl halides is 3. The highest BCUT2D eigenvalue weighted by molar-refractivity contribution is 6.31. The summed E-state index contributed by atoms with van der Waals surface area (Å²) in [6, 6.07) is 13.7. The van der Waals surface area contributed by atoms with Crippen LogP contribution >= 0.6 is 11.6 Å². The molecule has 0 aliphatic carbocycles. The zero-order valence-electron chi connectivity index (χ0n) is 16.7. The Bertz CT molecular complexity index is 1390. The Hall–Kier alpha value is -3.79. The maximum absolute atomic E-state index is 13.8. The summed E-state index contributed by atoms with van der Waals surface area (Å²) < 4.78 is 52.6. The van der Waals surface area contributed by atoms with E-state index < -0.39 is 17.8 Å². The zero-order chi connectivity index (χ0) is 23.2. The largest absolute Gasteiger partial charge is 0.454 e. The summed E-state index contributed by atoms with van der Waals surface area (Å²) in [5.41, 5.74) is -0.279. The predicted molar refractivity (Wildman–Crippen MR) is 112 cm³/mol. The third-order valence-electron chi connectivity index (χ3n) is 5.02. The highest BCUT2D eigenvalue weighted by Crippen LogP contribution is 2.37. The monoisotopic (exact) mass is 474 g/mol. The van der Waals surface area contributed by atoms with Gasteiger partial charge in [0.25, 0.3) is 5.91 Å². The fourth-order valence-corrected chi connectivity index (χ4v) is 3.60. The Labute approximate surface area is 189 Å². The van der Waals surface area contributed by atoms with E-state index in [1.54, 1.807) is 42.5 Å². The van der Waals surface area contributed by atoms with Crippen LogP contribution in [0.2, 0.25) is 5.02 Å². The SMILES string of the molecule is O=C(NCc1ccccc1Cl)c1cc2nc(-c3ccc4c(c3)OCO4)cc(C(F)(F)F)n2n1. The van der Waals surface area contributed by atoms with Crippen LogP contribution in [0.3, 0.4) is 0 Å². The standard InChI is InChI=1S/C22H14ClF3N4O3/c23-14-4-2-1-3-13(14)10-27-21(31)16-9-20-28-15(8-19(22(24,25)26)30(20)29-16)12-5-6-17-18(7-12)33-11-32-17/h1-9H,10-11H2,(H,27,31). The van der Waals surface area contributed by atoms with Crippen molar-refractivity contribution in [3.05, 3.63) is 76.6 Å². The van der Waals surface area contributed by atoms with Gasteiger partial charge in [-0.15, -0.1) is 0 Å². The number of carbonyl (C=O) groups excluding carboxylic acids is 1. The highest BCUT2D eigenvalue weighted by atomic mass is 35.5. The van der Waals surface area contributed by atoms with Gasteiger partial charge in [-0.3, -0.25) is 4.79 Å². The lowest BCUT2D eigenvalue weighted by molar-refractivity contribution is -0.142. The van der Waals surface area contributed by atoms with Gasteiger partial charge in [0.2, 0.25) is 6.79 Å². The third kappa shape index (κ3) is 4.05. The van der Waals surface area contributed by atoms with E-state index in [-0.39, 0.29) is 30.4 Å². The molecule has 5 rings (SSSR count). The van der Waals surface area contributed by atoms with Crippen LogP contribution in [0, 0.1) is 0 Å². The smallest absolute Gasteiger partial charge is 0.433 e. The van der Waals surface area contributed by atoms with Crippen molar-refractivity contribution >= 4 is 23.2 Å². The number of benzene rings is 2. The summed E-state index contributed by atoms with van der Waals surface area (Å²) in [5, 5.41) is 6.92. The molecule has 3 heterocycles. The van der Waals surface area contributed by atoms with Crippen LogP contribution in [-0.2, 0) is 12.7 Å². The van der Waals surface area contributed by atoms with Crippen molar-refractivity contribution in [2.24, 2.45) is 0 Å². The number of ether oxygens (including phenoxy) is 2. The molecular formula is C22H14ClF3N4O3. The highest BCUT2D eigenvalue weighted by Gasteiger charge is 2.36. The number of carbonyl (C=O) groups is 1. The number of rotatable bonds is 4. The first kappa shape index (κ1) is 21.1. The minimum atomic E-state index is -4.73. The van der Waals surface area contributed by atoms with E-state index in [0.29, 0.717) is 32.2 Å². The summed E-state index contributed by atoms with van der Waals surface area (Å²) in [5.74, 6) is 0.256. The van der Waals surface area contributed by atoms with Crippen molar-refractivity contribution in [2.75, 3.05) is 6.79 Å². The number of amides is 1. The van der Waals surface area contributed by atoms with E-state index in [0.717, 1.165) is 6.07 Å². The van der Waals surface area contributed by atoms with Crippen molar-refractivity contribution in [1.29, 1.82) is 0 Å². The van der Waals surface area contributed by atoms with E-state index in [9.17, 15) is 18.0 Å². The molecular weight excluding hydrogens is 461 g/mol. The van der Waals surface area contributed by atoms with Crippen LogP contribution in [0.1, 0.15) is 21.7 Å². The average molecular weight is 475 g/mol. The Kier molecular flexibility index (Phi) is 5.09. The first-order valence-corrected chi connectivity index (χ1v) is 10.1. The van der Waals surface area contributed by atoms with Crippen molar-refractivity contribution in [3.63, 3.8) is 0 Å². The van der Waals surface area contributed by atoms with Gasteiger partial charge in [-0.1, -0.05) is 29.8 Å². The lowest BCUT2D eigenvalue weighted by Gasteiger charge is -2.11. The van der Waals surface area contributed by atoms with Gasteiger partial charge in [0.05, 0.1) is 5.69 Å². The first-order valence-electron chi connectivity index (χ1n) is 9.69. The molecule has 33 heavy (non-hydrogen) atoms. The van der Waals surface area contributed by atoms with Gasteiger partial charge in [0.1, 0.15) is 0 Å². The minimum absolute atomic E-state index is 0.0361. The zero-order valence-corrected chi connectivity index (χ0v) is 17.4. The maximum atomic E-state index is 13.8. The Balaban J connectivity index is 1.51. The van der Waals surface area contributed by atoms with E-state index in [2.05, 4.69) is 15.4 Å². The van der Waals surface area contributed by atoms with Crippen molar-refractivity contribution in [1.82, 2.24) is 19.9 Å². The third-order valence-corrected chi connectivity index (χ3v) is 5.38. The van der Waals surface area contributed by atoms with Gasteiger partial charge in [-0.05, 0) is 35.9 Å². The van der Waals surface area contributed by atoms with Crippen LogP contribution in [-0.4, -0.2) is 27.3 Å². The number of hydrogen-bond acceptors (Lipinski definition) is 5. The summed E-state index contributed by atoms with van der Waals surface area (Å²) in [4.78, 5) is 16.9. The van der Waals surface area contributed by atoms with E-state index in [4.69, 9.17) is 21.1 Å². The van der Waals surface area contributed by atoms with Gasteiger partial charge in [-0.25, -0.2) is 9.50 Å². The minimum Gasteiger partial charge on any atom is -0.454 e. The predicted octanol–water partition coefficient (Wildman–Crippen LogP) is 4.73. The quantitative estimate of drug-likeness (QED) is 0.463. The van der Waals surface area contributed by atoms with Gasteiger partial charge < -0.3 is 14.8 Å². The van der Waals surface area contributed by atoms with Crippen LogP contribution in [0.15, 0.2) is 54.6 Å². The summed E-state index contributed by atoms with van der Waals surface area (Å²) >= 11 is 6.08. The number of hydrogen-bond donors (Lipinski definition) is 1. The van der Waals surface area contributed by atoms with Crippen LogP contribution < -0.4 is 14.8 Å². The fraction of sp³-hybridized carbons (Fsp3) is 0.136. The second-order valence-electron chi connectivity index (χ2n) is 7.17. The molecule has 0 saturated heterocycles. The molecule has 1 N–H and O–H groups in total. The summed E-state index contributed by atoms with van der Waals surface area (Å²) in [6.45, 7) is 0.128. The number of nitrogens with zero attached hydrogens (tertiary/aromatic N) is 3. The Morgan fingerprint density at radius 3 is 2.67 bits per heavy atom. The molecule has 1 aliphatic heterocycles. The molecule has 168 valence electrons. The lowest BCUT2D eigenvalue weighted by Crippen LogP contribution is -2.23. The Morgan fingerprint density at radius 1 is 1.09 bits per heavy atom. The molecule has 2 aromatic heterocycles. The molecule has 0 spiro atoms. The molecule has 0 fully saturated rings. The van der Waals surface area contributed by atoms with Gasteiger partial charge in [-0.2, -0.15) is 18.3 Å². The van der Waals surface area contributed by atoms with E-state index in [1.807, 2.05) is 0 Å². The lowest BCUT2D eigenvalue weighted by atomic mass is 10.1. The number of aromatic nitrogens is 3. The molecule has 4 aromatic rings. The van der Waals surface area contributed by atoms with Gasteiger partial charge in [0, 0.05) is 23.2 Å². The fourth-order valence-electron chi connectivity index (χ4n) is 3.40. The Morgan fingerprint density at radius 2 is 1.88 bits per heavy atom. The van der Waals surface area contributed by atoms with Crippen molar-refractivity contribution < 1.29 is 27.4 Å². The van der Waals surface area contributed by atoms with E-state index in [1.165, 1.54) is 6.07 Å². The molecule has 0 bridgehead atoms. The van der Waals surface area contributed by atoms with Gasteiger partial charge >= 0.3 is 6.18 Å². The van der Waals surface area contributed by atoms with Crippen LogP contribution in [0.25, 0.3) is 16.9 Å². The average Bonchev–Trinajstić information content (AvgIpc) is 3.43. The number of halogens is 4. The van der Waals surface area contributed by atoms with Crippen LogP contribution in [0.5, 0.6) is 11.5 Å². The second-order valence-corrected chi connectivity index (χ2v) is 7.57. The second kappa shape index (κ2) is 7.96. The molecule has 1 amide bonds. The van der Waals surface area contributed by atoms with Crippen LogP contribution in [0.4, 0.5) is 13.2 Å². The van der Waals surface area contributed by atoms with E-state index >= 15 is 0 Å². The molecule has 7 nitrogen and oxygen atoms in total. The summed E-state index contributed by atoms with van der Waals surface area (Å²) in [7, 11) is 0. The molecule has 0 atom stereocenters. The summed E-state index contributed by atoms with van der Waals surface area (Å²) in [6.07, 6.45) is -4.73. The first-order chi connectivity index (χ1) is 15.8. The molecule has 0 radical (unpaired) electrons. The molecule has 0 saturated carbocycles. The maximum Gasteiger partial charge on any atom is 0.433 e.